The summed E-state index contributed by atoms with van der Waals surface area (Å²) in [4.78, 5) is 15.7. The number of hydrogen-bond acceptors (Lipinski definition) is 3. The highest BCUT2D eigenvalue weighted by atomic mass is 19.4. The third kappa shape index (κ3) is 5.28. The van der Waals surface area contributed by atoms with Gasteiger partial charge in [-0.25, -0.2) is 0 Å². The van der Waals surface area contributed by atoms with Gasteiger partial charge in [0, 0.05) is 46.2 Å². The van der Waals surface area contributed by atoms with Gasteiger partial charge in [0.1, 0.15) is 6.04 Å². The van der Waals surface area contributed by atoms with E-state index < -0.39 is 12.6 Å². The topological polar surface area (TPSA) is 35.6 Å². The van der Waals surface area contributed by atoms with Crippen LogP contribution in [0.1, 0.15) is 26.2 Å². The van der Waals surface area contributed by atoms with E-state index in [1.807, 2.05) is 11.8 Å². The standard InChI is InChI=1S/C13H24F3N3O/c1-10(5-4-6-13(14,15)16)19-8-7-17-9-11(19)12(20)18(2)3/h10-11,17H,4-9H2,1-3H3. The second kappa shape index (κ2) is 7.26. The smallest absolute Gasteiger partial charge is 0.347 e. The number of halogens is 3. The molecular formula is C13H24F3N3O. The van der Waals surface area contributed by atoms with E-state index in [1.165, 1.54) is 4.90 Å². The molecule has 118 valence electrons. The van der Waals surface area contributed by atoms with Gasteiger partial charge in [0.15, 0.2) is 0 Å². The van der Waals surface area contributed by atoms with E-state index >= 15 is 0 Å². The van der Waals surface area contributed by atoms with Crippen molar-refractivity contribution in [1.29, 1.82) is 0 Å². The average molecular weight is 295 g/mol. The van der Waals surface area contributed by atoms with Crippen molar-refractivity contribution in [2.75, 3.05) is 33.7 Å². The lowest BCUT2D eigenvalue weighted by atomic mass is 10.0. The lowest BCUT2D eigenvalue weighted by Gasteiger charge is -2.40. The predicted molar refractivity (Wildman–Crippen MR) is 71.4 cm³/mol. The van der Waals surface area contributed by atoms with Crippen LogP contribution in [0, 0.1) is 0 Å². The Hall–Kier alpha value is -0.820. The molecule has 1 saturated heterocycles. The maximum Gasteiger partial charge on any atom is 0.389 e. The number of rotatable bonds is 5. The molecule has 0 radical (unpaired) electrons. The molecule has 1 rings (SSSR count). The van der Waals surface area contributed by atoms with Crippen LogP contribution in [0.5, 0.6) is 0 Å². The van der Waals surface area contributed by atoms with Crippen LogP contribution in [0.2, 0.25) is 0 Å². The summed E-state index contributed by atoms with van der Waals surface area (Å²) in [6, 6.07) is -0.298. The van der Waals surface area contributed by atoms with Gasteiger partial charge in [0.05, 0.1) is 0 Å². The fourth-order valence-electron chi connectivity index (χ4n) is 2.54. The quantitative estimate of drug-likeness (QED) is 0.834. The SMILES string of the molecule is CC(CCCC(F)(F)F)N1CCNCC1C(=O)N(C)C. The summed E-state index contributed by atoms with van der Waals surface area (Å²) in [6.45, 7) is 3.91. The van der Waals surface area contributed by atoms with Gasteiger partial charge >= 0.3 is 6.18 Å². The minimum atomic E-state index is -4.10. The molecule has 0 aromatic carbocycles. The minimum Gasteiger partial charge on any atom is -0.347 e. The van der Waals surface area contributed by atoms with Gasteiger partial charge in [-0.3, -0.25) is 9.69 Å². The number of nitrogens with zero attached hydrogens (tertiary/aromatic N) is 2. The van der Waals surface area contributed by atoms with E-state index in [1.54, 1.807) is 14.1 Å². The molecule has 1 amide bonds. The van der Waals surface area contributed by atoms with Gasteiger partial charge in [-0.15, -0.1) is 0 Å². The largest absolute Gasteiger partial charge is 0.389 e. The molecule has 20 heavy (non-hydrogen) atoms. The van der Waals surface area contributed by atoms with Crippen LogP contribution in [-0.2, 0) is 4.79 Å². The molecule has 0 aromatic rings. The van der Waals surface area contributed by atoms with Crippen molar-refractivity contribution in [1.82, 2.24) is 15.1 Å². The van der Waals surface area contributed by atoms with Crippen LogP contribution in [0.15, 0.2) is 0 Å². The predicted octanol–water partition coefficient (Wildman–Crippen LogP) is 1.47. The van der Waals surface area contributed by atoms with E-state index in [2.05, 4.69) is 5.32 Å². The Bertz CT molecular complexity index is 320. The highest BCUT2D eigenvalue weighted by Crippen LogP contribution is 2.24. The fraction of sp³-hybridized carbons (Fsp3) is 0.923. The fourth-order valence-corrected chi connectivity index (χ4v) is 2.54. The second-order valence-electron chi connectivity index (χ2n) is 5.55. The zero-order chi connectivity index (χ0) is 15.3. The average Bonchev–Trinajstić information content (AvgIpc) is 2.36. The Morgan fingerprint density at radius 3 is 2.65 bits per heavy atom. The monoisotopic (exact) mass is 295 g/mol. The van der Waals surface area contributed by atoms with Crippen molar-refractivity contribution < 1.29 is 18.0 Å². The first-order chi connectivity index (χ1) is 9.22. The van der Waals surface area contributed by atoms with Crippen molar-refractivity contribution in [2.45, 2.75) is 44.4 Å². The van der Waals surface area contributed by atoms with Crippen molar-refractivity contribution in [3.63, 3.8) is 0 Å². The van der Waals surface area contributed by atoms with Crippen molar-refractivity contribution in [3.05, 3.63) is 0 Å². The summed E-state index contributed by atoms with van der Waals surface area (Å²) < 4.78 is 36.5. The molecule has 2 unspecified atom stereocenters. The zero-order valence-corrected chi connectivity index (χ0v) is 12.3. The van der Waals surface area contributed by atoms with Gasteiger partial charge in [-0.2, -0.15) is 13.2 Å². The number of piperazine rings is 1. The van der Waals surface area contributed by atoms with Crippen molar-refractivity contribution in [2.24, 2.45) is 0 Å². The molecule has 0 aliphatic carbocycles. The number of hydrogen-bond donors (Lipinski definition) is 1. The van der Waals surface area contributed by atoms with Crippen LogP contribution < -0.4 is 5.32 Å². The maximum absolute atomic E-state index is 12.2. The Kier molecular flexibility index (Phi) is 6.26. The molecule has 1 N–H and O–H groups in total. The van der Waals surface area contributed by atoms with E-state index in [0.29, 0.717) is 19.5 Å². The molecule has 2 atom stereocenters. The lowest BCUT2D eigenvalue weighted by molar-refractivity contribution is -0.139. The molecule has 4 nitrogen and oxygen atoms in total. The first-order valence-corrected chi connectivity index (χ1v) is 6.96. The molecule has 1 fully saturated rings. The summed E-state index contributed by atoms with van der Waals surface area (Å²) in [5, 5.41) is 3.17. The lowest BCUT2D eigenvalue weighted by Crippen LogP contribution is -2.60. The van der Waals surface area contributed by atoms with Crippen LogP contribution in [0.4, 0.5) is 13.2 Å². The van der Waals surface area contributed by atoms with Crippen LogP contribution in [0.3, 0.4) is 0 Å². The van der Waals surface area contributed by atoms with Gasteiger partial charge in [-0.05, 0) is 19.8 Å². The normalized spacial score (nSPS) is 22.6. The summed E-state index contributed by atoms with van der Waals surface area (Å²) in [5.74, 6) is -0.000119. The number of nitrogens with one attached hydrogen (secondary N) is 1. The molecule has 1 aliphatic rings. The molecular weight excluding hydrogens is 271 g/mol. The number of carbonyl (C=O) groups excluding carboxylic acids is 1. The van der Waals surface area contributed by atoms with Gasteiger partial charge in [0.25, 0.3) is 0 Å². The molecule has 0 saturated carbocycles. The van der Waals surface area contributed by atoms with Crippen LogP contribution >= 0.6 is 0 Å². The second-order valence-corrected chi connectivity index (χ2v) is 5.55. The summed E-state index contributed by atoms with van der Waals surface area (Å²) >= 11 is 0. The molecule has 0 aromatic heterocycles. The summed E-state index contributed by atoms with van der Waals surface area (Å²) in [7, 11) is 3.40. The van der Waals surface area contributed by atoms with Crippen molar-refractivity contribution >= 4 is 5.91 Å². The van der Waals surface area contributed by atoms with Gasteiger partial charge in [0.2, 0.25) is 5.91 Å². The number of likely N-dealkylation sites (N-methyl/N-ethyl adjacent to an activating group) is 1. The Balaban J connectivity index is 2.54. The van der Waals surface area contributed by atoms with E-state index in [0.717, 1.165) is 6.54 Å². The van der Waals surface area contributed by atoms with Gasteiger partial charge in [-0.1, -0.05) is 0 Å². The minimum absolute atomic E-state index is 0.000119. The van der Waals surface area contributed by atoms with Crippen LogP contribution in [-0.4, -0.2) is 67.7 Å². The molecule has 0 spiro atoms. The van der Waals surface area contributed by atoms with Crippen LogP contribution in [0.25, 0.3) is 0 Å². The van der Waals surface area contributed by atoms with Gasteiger partial charge < -0.3 is 10.2 Å². The molecule has 1 heterocycles. The van der Waals surface area contributed by atoms with E-state index in [-0.39, 0.29) is 24.4 Å². The Morgan fingerprint density at radius 2 is 2.10 bits per heavy atom. The Labute approximate surface area is 118 Å². The van der Waals surface area contributed by atoms with Crippen molar-refractivity contribution in [3.8, 4) is 0 Å². The summed E-state index contributed by atoms with van der Waals surface area (Å²) in [6.07, 6.45) is -4.29. The summed E-state index contributed by atoms with van der Waals surface area (Å²) in [5.41, 5.74) is 0. The molecule has 7 heteroatoms. The highest BCUT2D eigenvalue weighted by Gasteiger charge is 2.33. The first kappa shape index (κ1) is 17.2. The van der Waals surface area contributed by atoms with E-state index in [4.69, 9.17) is 0 Å². The first-order valence-electron chi connectivity index (χ1n) is 6.96. The Morgan fingerprint density at radius 1 is 1.45 bits per heavy atom. The number of amides is 1. The number of carbonyl (C=O) groups is 1. The zero-order valence-electron chi connectivity index (χ0n) is 12.3. The van der Waals surface area contributed by atoms with E-state index in [9.17, 15) is 18.0 Å². The third-order valence-corrected chi connectivity index (χ3v) is 3.66. The molecule has 1 aliphatic heterocycles. The number of alkyl halides is 3. The molecule has 0 bridgehead atoms. The highest BCUT2D eigenvalue weighted by molar-refractivity contribution is 5.81. The third-order valence-electron chi connectivity index (χ3n) is 3.66. The maximum atomic E-state index is 12.2.